The van der Waals surface area contributed by atoms with Crippen molar-refractivity contribution in [3.63, 3.8) is 0 Å². The van der Waals surface area contributed by atoms with Gasteiger partial charge in [-0.3, -0.25) is 0 Å². The van der Waals surface area contributed by atoms with Crippen molar-refractivity contribution in [1.29, 1.82) is 0 Å². The van der Waals surface area contributed by atoms with Crippen molar-refractivity contribution in [2.75, 3.05) is 0 Å². The molecule has 1 rings (SSSR count). The minimum absolute atomic E-state index is 0.389. The molecule has 0 bridgehead atoms. The molecule has 0 aromatic rings. The molecule has 0 radical (unpaired) electrons. The first-order chi connectivity index (χ1) is 3.07. The molecule has 42 valence electrons. The molecule has 2 atom stereocenters. The first-order valence-electron chi connectivity index (χ1n) is 2.44. The molecule has 1 saturated carbocycles. The Balaban J connectivity index is 2.52. The van der Waals surface area contributed by atoms with Crippen molar-refractivity contribution in [3.8, 4) is 0 Å². The summed E-state index contributed by atoms with van der Waals surface area (Å²) in [5.41, 5.74) is 0. The van der Waals surface area contributed by atoms with Crippen LogP contribution in [0.5, 0.6) is 0 Å². The Hall–Kier alpha value is 0.580. The van der Waals surface area contributed by atoms with Crippen LogP contribution in [0, 0.1) is 11.8 Å². The van der Waals surface area contributed by atoms with Gasteiger partial charge in [-0.15, -0.1) is 23.2 Å². The second-order valence-electron chi connectivity index (χ2n) is 2.25. The molecule has 0 aliphatic heterocycles. The quantitative estimate of drug-likeness (QED) is 0.452. The number of hydrogen-bond acceptors (Lipinski definition) is 0. The lowest BCUT2D eigenvalue weighted by atomic mass is 10.4. The fourth-order valence-electron chi connectivity index (χ4n) is 0.674. The average Bonchev–Trinajstić information content (AvgIpc) is 1.91. The molecule has 0 nitrogen and oxygen atoms in total. The first-order valence-corrected chi connectivity index (χ1v) is 3.20. The van der Waals surface area contributed by atoms with E-state index in [4.69, 9.17) is 23.2 Å². The third-order valence-electron chi connectivity index (χ3n) is 1.86. The van der Waals surface area contributed by atoms with Crippen LogP contribution < -0.4 is 0 Å². The van der Waals surface area contributed by atoms with Gasteiger partial charge in [0, 0.05) is 0 Å². The van der Waals surface area contributed by atoms with E-state index < -0.39 is 0 Å². The van der Waals surface area contributed by atoms with Gasteiger partial charge in [-0.2, -0.15) is 0 Å². The van der Waals surface area contributed by atoms with Gasteiger partial charge in [-0.05, 0) is 11.8 Å². The fraction of sp³-hybridized carbons (Fsp3) is 1.00. The lowest BCUT2D eigenvalue weighted by Crippen LogP contribution is -1.85. The fourth-order valence-corrected chi connectivity index (χ4v) is 1.30. The molecule has 0 amide bonds. The van der Waals surface area contributed by atoms with Crippen LogP contribution >= 0.6 is 23.2 Å². The number of rotatable bonds is 0. The molecule has 7 heavy (non-hydrogen) atoms. The number of alkyl halides is 2. The molecule has 2 unspecified atom stereocenters. The normalized spacial score (nSPS) is 46.3. The first kappa shape index (κ1) is 5.71. The van der Waals surface area contributed by atoms with Gasteiger partial charge in [-0.25, -0.2) is 0 Å². The Bertz CT molecular complexity index is 78.1. The van der Waals surface area contributed by atoms with E-state index in [2.05, 4.69) is 13.8 Å². The van der Waals surface area contributed by atoms with Crippen molar-refractivity contribution >= 4 is 23.2 Å². The Morgan fingerprint density at radius 3 is 1.29 bits per heavy atom. The predicted molar refractivity (Wildman–Crippen MR) is 32.8 cm³/mol. The van der Waals surface area contributed by atoms with E-state index in [1.54, 1.807) is 0 Å². The van der Waals surface area contributed by atoms with E-state index in [0.29, 0.717) is 11.8 Å². The zero-order valence-corrected chi connectivity index (χ0v) is 5.92. The second-order valence-corrected chi connectivity index (χ2v) is 3.70. The van der Waals surface area contributed by atoms with E-state index in [0.717, 1.165) is 0 Å². The highest BCUT2D eigenvalue weighted by Gasteiger charge is 2.56. The number of hydrogen-bond donors (Lipinski definition) is 0. The van der Waals surface area contributed by atoms with Crippen molar-refractivity contribution < 1.29 is 0 Å². The Kier molecular flexibility index (Phi) is 1.06. The van der Waals surface area contributed by atoms with Gasteiger partial charge in [0.15, 0.2) is 0 Å². The summed E-state index contributed by atoms with van der Waals surface area (Å²) in [5, 5.41) is 0. The van der Waals surface area contributed by atoms with Gasteiger partial charge in [-0.1, -0.05) is 13.8 Å². The summed E-state index contributed by atoms with van der Waals surface area (Å²) in [6.07, 6.45) is 0. The minimum Gasteiger partial charge on any atom is -0.101 e. The molecule has 1 fully saturated rings. The predicted octanol–water partition coefficient (Wildman–Crippen LogP) is 2.45. The maximum absolute atomic E-state index is 5.71. The van der Waals surface area contributed by atoms with Gasteiger partial charge in [0.05, 0.1) is 0 Å². The molecule has 2 heteroatoms. The van der Waals surface area contributed by atoms with Gasteiger partial charge in [0.1, 0.15) is 4.33 Å². The molecule has 0 heterocycles. The minimum atomic E-state index is -0.389. The Morgan fingerprint density at radius 2 is 1.29 bits per heavy atom. The lowest BCUT2D eigenvalue weighted by Gasteiger charge is -1.87. The van der Waals surface area contributed by atoms with Crippen LogP contribution in [0.2, 0.25) is 0 Å². The summed E-state index contributed by atoms with van der Waals surface area (Å²) in [6, 6.07) is 0. The summed E-state index contributed by atoms with van der Waals surface area (Å²) in [6.45, 7) is 4.12. The Morgan fingerprint density at radius 1 is 1.14 bits per heavy atom. The highest BCUT2D eigenvalue weighted by molar-refractivity contribution is 6.51. The van der Waals surface area contributed by atoms with E-state index in [-0.39, 0.29) is 4.33 Å². The molecule has 0 saturated heterocycles. The topological polar surface area (TPSA) is 0 Å². The largest absolute Gasteiger partial charge is 0.124 e. The third-order valence-corrected chi connectivity index (χ3v) is 3.23. The van der Waals surface area contributed by atoms with E-state index >= 15 is 0 Å². The summed E-state index contributed by atoms with van der Waals surface area (Å²) in [4.78, 5) is 0. The molecule has 0 aromatic carbocycles. The smallest absolute Gasteiger partial charge is 0.101 e. The van der Waals surface area contributed by atoms with E-state index in [1.807, 2.05) is 0 Å². The molecule has 1 aliphatic rings. The zero-order valence-electron chi connectivity index (χ0n) is 4.41. The Labute approximate surface area is 53.8 Å². The van der Waals surface area contributed by atoms with Crippen LogP contribution in [0.4, 0.5) is 0 Å². The van der Waals surface area contributed by atoms with Crippen LogP contribution in [0.3, 0.4) is 0 Å². The highest BCUT2D eigenvalue weighted by Crippen LogP contribution is 2.58. The average molecular weight is 139 g/mol. The standard InChI is InChI=1S/C5H8Cl2/c1-3-4(2)5(3,6)7/h3-4H,1-2H3. The summed E-state index contributed by atoms with van der Waals surface area (Å²) < 4.78 is -0.389. The van der Waals surface area contributed by atoms with Crippen LogP contribution in [-0.4, -0.2) is 4.33 Å². The van der Waals surface area contributed by atoms with E-state index in [9.17, 15) is 0 Å². The molecular formula is C5H8Cl2. The molecule has 0 spiro atoms. The van der Waals surface area contributed by atoms with Crippen molar-refractivity contribution in [3.05, 3.63) is 0 Å². The molecular weight excluding hydrogens is 131 g/mol. The van der Waals surface area contributed by atoms with E-state index in [1.165, 1.54) is 0 Å². The zero-order chi connectivity index (χ0) is 5.65. The van der Waals surface area contributed by atoms with Gasteiger partial charge >= 0.3 is 0 Å². The van der Waals surface area contributed by atoms with Crippen LogP contribution in [0.25, 0.3) is 0 Å². The maximum Gasteiger partial charge on any atom is 0.124 e. The van der Waals surface area contributed by atoms with Crippen LogP contribution in [0.1, 0.15) is 13.8 Å². The summed E-state index contributed by atoms with van der Waals surface area (Å²) in [5.74, 6) is 0.992. The maximum atomic E-state index is 5.71. The monoisotopic (exact) mass is 138 g/mol. The SMILES string of the molecule is CC1C(C)C1(Cl)Cl. The third kappa shape index (κ3) is 0.649. The van der Waals surface area contributed by atoms with Crippen molar-refractivity contribution in [2.24, 2.45) is 11.8 Å². The lowest BCUT2D eigenvalue weighted by molar-refractivity contribution is 0.834. The molecule has 0 aromatic heterocycles. The summed E-state index contributed by atoms with van der Waals surface area (Å²) >= 11 is 11.4. The van der Waals surface area contributed by atoms with Crippen LogP contribution in [0.15, 0.2) is 0 Å². The molecule has 0 N–H and O–H groups in total. The van der Waals surface area contributed by atoms with Crippen molar-refractivity contribution in [1.82, 2.24) is 0 Å². The van der Waals surface area contributed by atoms with Crippen molar-refractivity contribution in [2.45, 2.75) is 18.2 Å². The highest BCUT2D eigenvalue weighted by atomic mass is 35.5. The van der Waals surface area contributed by atoms with Crippen LogP contribution in [-0.2, 0) is 0 Å². The summed E-state index contributed by atoms with van der Waals surface area (Å²) in [7, 11) is 0. The molecule has 1 aliphatic carbocycles. The number of halogens is 2. The van der Waals surface area contributed by atoms with Gasteiger partial charge in [0.25, 0.3) is 0 Å². The van der Waals surface area contributed by atoms with Gasteiger partial charge in [0.2, 0.25) is 0 Å². The van der Waals surface area contributed by atoms with Gasteiger partial charge < -0.3 is 0 Å². The second kappa shape index (κ2) is 1.29.